The van der Waals surface area contributed by atoms with Gasteiger partial charge in [-0.25, -0.2) is 0 Å². The zero-order chi connectivity index (χ0) is 11.8. The number of nitrogens with zero attached hydrogens (tertiary/aromatic N) is 1. The molecule has 0 saturated carbocycles. The summed E-state index contributed by atoms with van der Waals surface area (Å²) < 4.78 is 0. The molecule has 0 aromatic heterocycles. The highest BCUT2D eigenvalue weighted by molar-refractivity contribution is 5.85. The maximum absolute atomic E-state index is 6.46. The summed E-state index contributed by atoms with van der Waals surface area (Å²) in [4.78, 5) is 2.61. The van der Waals surface area contributed by atoms with Crippen LogP contribution in [0.2, 0.25) is 0 Å². The van der Waals surface area contributed by atoms with Gasteiger partial charge in [0.05, 0.1) is 0 Å². The van der Waals surface area contributed by atoms with Crippen molar-refractivity contribution in [2.75, 3.05) is 13.1 Å². The third kappa shape index (κ3) is 3.08. The summed E-state index contributed by atoms with van der Waals surface area (Å²) in [5.41, 5.74) is 7.89. The van der Waals surface area contributed by atoms with Gasteiger partial charge in [0, 0.05) is 12.1 Å². The van der Waals surface area contributed by atoms with Gasteiger partial charge in [-0.1, -0.05) is 37.3 Å². The number of halogens is 2. The lowest BCUT2D eigenvalue weighted by molar-refractivity contribution is 0.0171. The Bertz CT molecular complexity index is 375. The zero-order valence-corrected chi connectivity index (χ0v) is 13.0. The Hall–Kier alpha value is -0.280. The summed E-state index contributed by atoms with van der Waals surface area (Å²) in [7, 11) is 0. The molecule has 2 nitrogen and oxygen atoms in total. The van der Waals surface area contributed by atoms with E-state index in [0.717, 1.165) is 5.92 Å². The number of nitrogens with two attached hydrogens (primary N) is 1. The molecule has 3 heterocycles. The first-order valence-corrected chi connectivity index (χ1v) is 6.82. The number of fused-ring (bicyclic) bond motifs is 3. The summed E-state index contributed by atoms with van der Waals surface area (Å²) in [6.45, 7) is 4.83. The molecule has 3 fully saturated rings. The lowest BCUT2D eigenvalue weighted by Crippen LogP contribution is -2.62. The van der Waals surface area contributed by atoms with Gasteiger partial charge in [-0.3, -0.25) is 4.90 Å². The highest BCUT2D eigenvalue weighted by Gasteiger charge is 2.42. The molecule has 4 heteroatoms. The Labute approximate surface area is 128 Å². The predicted octanol–water partition coefficient (Wildman–Crippen LogP) is 3.06. The molecule has 1 aromatic rings. The molecular formula is C15H24Cl2N2. The monoisotopic (exact) mass is 302 g/mol. The van der Waals surface area contributed by atoms with Gasteiger partial charge in [-0.05, 0) is 43.3 Å². The first kappa shape index (κ1) is 16.8. The maximum atomic E-state index is 6.46. The molecule has 108 valence electrons. The average molecular weight is 303 g/mol. The molecule has 3 saturated heterocycles. The highest BCUT2D eigenvalue weighted by atomic mass is 35.5. The SMILES string of the molecule is CC(c1ccccc1)[C@@H]1[C@@H](N)C2CCN1CC2.Cl.Cl. The normalized spacial score (nSPS) is 34.0. The molecule has 3 aliphatic heterocycles. The second-order valence-electron chi connectivity index (χ2n) is 5.64. The van der Waals surface area contributed by atoms with Crippen molar-refractivity contribution in [3.8, 4) is 0 Å². The summed E-state index contributed by atoms with van der Waals surface area (Å²) in [5, 5.41) is 0. The molecule has 2 bridgehead atoms. The van der Waals surface area contributed by atoms with Crippen molar-refractivity contribution in [2.45, 2.75) is 37.8 Å². The standard InChI is InChI=1S/C15H22N2.2ClH/c1-11(12-5-3-2-4-6-12)15-14(16)13-7-9-17(15)10-8-13;;/h2-6,11,13-15H,7-10,16H2,1H3;2*1H/t11?,14-,15+;;/m0../s1. The molecule has 1 aromatic carbocycles. The van der Waals surface area contributed by atoms with E-state index in [1.54, 1.807) is 0 Å². The van der Waals surface area contributed by atoms with Crippen LogP contribution in [0.15, 0.2) is 30.3 Å². The van der Waals surface area contributed by atoms with Gasteiger partial charge < -0.3 is 5.73 Å². The van der Waals surface area contributed by atoms with Gasteiger partial charge in [0.2, 0.25) is 0 Å². The van der Waals surface area contributed by atoms with Crippen LogP contribution in [0, 0.1) is 5.92 Å². The lowest BCUT2D eigenvalue weighted by atomic mass is 9.73. The summed E-state index contributed by atoms with van der Waals surface area (Å²) in [6, 6.07) is 11.7. The highest BCUT2D eigenvalue weighted by Crippen LogP contribution is 2.37. The van der Waals surface area contributed by atoms with E-state index in [9.17, 15) is 0 Å². The van der Waals surface area contributed by atoms with E-state index in [4.69, 9.17) is 5.73 Å². The number of benzene rings is 1. The molecule has 0 amide bonds. The third-order valence-electron chi connectivity index (χ3n) is 4.77. The van der Waals surface area contributed by atoms with E-state index in [2.05, 4.69) is 42.2 Å². The Morgan fingerprint density at radius 1 is 1.11 bits per heavy atom. The molecule has 1 unspecified atom stereocenters. The molecule has 4 rings (SSSR count). The van der Waals surface area contributed by atoms with Crippen molar-refractivity contribution in [3.63, 3.8) is 0 Å². The van der Waals surface area contributed by atoms with Crippen LogP contribution in [0.25, 0.3) is 0 Å². The minimum absolute atomic E-state index is 0. The van der Waals surface area contributed by atoms with Crippen LogP contribution in [-0.2, 0) is 0 Å². The molecule has 2 N–H and O–H groups in total. The maximum Gasteiger partial charge on any atom is 0.0315 e. The fraction of sp³-hybridized carbons (Fsp3) is 0.600. The second kappa shape index (κ2) is 6.94. The van der Waals surface area contributed by atoms with Gasteiger partial charge in [0.15, 0.2) is 0 Å². The molecule has 0 radical (unpaired) electrons. The number of hydrogen-bond donors (Lipinski definition) is 1. The first-order valence-electron chi connectivity index (χ1n) is 6.82. The molecule has 0 spiro atoms. The second-order valence-corrected chi connectivity index (χ2v) is 5.64. The van der Waals surface area contributed by atoms with Gasteiger partial charge in [0.25, 0.3) is 0 Å². The Morgan fingerprint density at radius 3 is 2.21 bits per heavy atom. The van der Waals surface area contributed by atoms with Crippen molar-refractivity contribution < 1.29 is 0 Å². The fourth-order valence-corrected chi connectivity index (χ4v) is 3.73. The molecule has 3 atom stereocenters. The van der Waals surface area contributed by atoms with Crippen molar-refractivity contribution in [3.05, 3.63) is 35.9 Å². The Morgan fingerprint density at radius 2 is 1.68 bits per heavy atom. The van der Waals surface area contributed by atoms with Gasteiger partial charge in [-0.15, -0.1) is 24.8 Å². The van der Waals surface area contributed by atoms with Gasteiger partial charge in [0.1, 0.15) is 0 Å². The van der Waals surface area contributed by atoms with E-state index in [1.165, 1.54) is 31.5 Å². The average Bonchev–Trinajstić information content (AvgIpc) is 2.40. The van der Waals surface area contributed by atoms with Crippen LogP contribution in [-0.4, -0.2) is 30.1 Å². The van der Waals surface area contributed by atoms with E-state index in [0.29, 0.717) is 18.0 Å². The van der Waals surface area contributed by atoms with E-state index in [1.807, 2.05) is 0 Å². The summed E-state index contributed by atoms with van der Waals surface area (Å²) in [5.74, 6) is 1.31. The molecule has 19 heavy (non-hydrogen) atoms. The largest absolute Gasteiger partial charge is 0.326 e. The minimum Gasteiger partial charge on any atom is -0.326 e. The molecule has 0 aliphatic carbocycles. The van der Waals surface area contributed by atoms with Crippen LogP contribution < -0.4 is 5.73 Å². The number of rotatable bonds is 2. The fourth-order valence-electron chi connectivity index (χ4n) is 3.73. The Balaban J connectivity index is 0.000000902. The van der Waals surface area contributed by atoms with E-state index < -0.39 is 0 Å². The van der Waals surface area contributed by atoms with Crippen molar-refractivity contribution in [2.24, 2.45) is 11.7 Å². The smallest absolute Gasteiger partial charge is 0.0315 e. The zero-order valence-electron chi connectivity index (χ0n) is 11.4. The lowest BCUT2D eigenvalue weighted by Gasteiger charge is -2.52. The van der Waals surface area contributed by atoms with Crippen LogP contribution >= 0.6 is 24.8 Å². The first-order chi connectivity index (χ1) is 8.27. The molecule has 3 aliphatic rings. The van der Waals surface area contributed by atoms with Crippen LogP contribution in [0.5, 0.6) is 0 Å². The number of hydrogen-bond acceptors (Lipinski definition) is 2. The third-order valence-corrected chi connectivity index (χ3v) is 4.77. The van der Waals surface area contributed by atoms with Crippen molar-refractivity contribution >= 4 is 24.8 Å². The number of piperidine rings is 3. The molecular weight excluding hydrogens is 279 g/mol. The Kier molecular flexibility index (Phi) is 6.13. The van der Waals surface area contributed by atoms with Crippen molar-refractivity contribution in [1.82, 2.24) is 4.90 Å². The van der Waals surface area contributed by atoms with Crippen LogP contribution in [0.3, 0.4) is 0 Å². The summed E-state index contributed by atoms with van der Waals surface area (Å²) >= 11 is 0. The predicted molar refractivity (Wildman–Crippen MR) is 85.4 cm³/mol. The quantitative estimate of drug-likeness (QED) is 0.910. The van der Waals surface area contributed by atoms with Crippen molar-refractivity contribution in [1.29, 1.82) is 0 Å². The van der Waals surface area contributed by atoms with Gasteiger partial charge >= 0.3 is 0 Å². The van der Waals surface area contributed by atoms with Gasteiger partial charge in [-0.2, -0.15) is 0 Å². The van der Waals surface area contributed by atoms with E-state index in [-0.39, 0.29) is 24.8 Å². The van der Waals surface area contributed by atoms with Crippen LogP contribution in [0.4, 0.5) is 0 Å². The van der Waals surface area contributed by atoms with E-state index >= 15 is 0 Å². The van der Waals surface area contributed by atoms with Crippen LogP contribution in [0.1, 0.15) is 31.2 Å². The summed E-state index contributed by atoms with van der Waals surface area (Å²) in [6.07, 6.45) is 2.61. The minimum atomic E-state index is 0. The topological polar surface area (TPSA) is 29.3 Å².